The van der Waals surface area contributed by atoms with Gasteiger partial charge in [-0.15, -0.1) is 0 Å². The summed E-state index contributed by atoms with van der Waals surface area (Å²) >= 11 is 0. The van der Waals surface area contributed by atoms with E-state index in [1.54, 1.807) is 0 Å². The van der Waals surface area contributed by atoms with Gasteiger partial charge in [0.05, 0.1) is 6.10 Å². The van der Waals surface area contributed by atoms with Crippen LogP contribution >= 0.6 is 0 Å². The number of amides is 2. The molecule has 19 heavy (non-hydrogen) atoms. The molecule has 0 bridgehead atoms. The standard InChI is InChI=1S/C15H20N2O2/c18-15(16-10-14-6-3-9-19-14)17-8-7-12-4-1-2-5-13(12)11-17/h1-2,4-5,14H,3,6-11H2,(H,16,18)/t14-/m0/s1. The number of nitrogens with zero attached hydrogens (tertiary/aromatic N) is 1. The molecule has 0 aliphatic carbocycles. The molecule has 4 heteroatoms. The minimum atomic E-state index is 0.0324. The Kier molecular flexibility index (Phi) is 3.69. The maximum atomic E-state index is 12.1. The van der Waals surface area contributed by atoms with Crippen LogP contribution in [-0.2, 0) is 17.7 Å². The Morgan fingerprint density at radius 2 is 2.21 bits per heavy atom. The molecule has 2 aliphatic rings. The quantitative estimate of drug-likeness (QED) is 0.883. The van der Waals surface area contributed by atoms with Gasteiger partial charge in [0, 0.05) is 26.2 Å². The Hall–Kier alpha value is -1.55. The van der Waals surface area contributed by atoms with Crippen LogP contribution in [0.1, 0.15) is 24.0 Å². The molecule has 2 amide bonds. The van der Waals surface area contributed by atoms with E-state index in [2.05, 4.69) is 23.5 Å². The Balaban J connectivity index is 1.54. The lowest BCUT2D eigenvalue weighted by molar-refractivity contribution is 0.108. The molecule has 1 N–H and O–H groups in total. The van der Waals surface area contributed by atoms with Crippen LogP contribution in [0, 0.1) is 0 Å². The summed E-state index contributed by atoms with van der Waals surface area (Å²) in [7, 11) is 0. The smallest absolute Gasteiger partial charge is 0.317 e. The molecule has 102 valence electrons. The number of carbonyl (C=O) groups excluding carboxylic acids is 1. The van der Waals surface area contributed by atoms with Gasteiger partial charge >= 0.3 is 6.03 Å². The zero-order chi connectivity index (χ0) is 13.1. The molecule has 1 fully saturated rings. The van der Waals surface area contributed by atoms with Gasteiger partial charge in [-0.05, 0) is 30.4 Å². The van der Waals surface area contributed by atoms with Crippen LogP contribution in [0.4, 0.5) is 4.79 Å². The highest BCUT2D eigenvalue weighted by molar-refractivity contribution is 5.74. The van der Waals surface area contributed by atoms with Crippen molar-refractivity contribution in [1.82, 2.24) is 10.2 Å². The molecule has 2 aliphatic heterocycles. The summed E-state index contributed by atoms with van der Waals surface area (Å²) in [5.41, 5.74) is 2.63. The topological polar surface area (TPSA) is 41.6 Å². The van der Waals surface area contributed by atoms with Crippen molar-refractivity contribution in [3.63, 3.8) is 0 Å². The SMILES string of the molecule is O=C(NC[C@@H]1CCCO1)N1CCc2ccccc2C1. The Labute approximate surface area is 113 Å². The van der Waals surface area contributed by atoms with Crippen molar-refractivity contribution in [2.24, 2.45) is 0 Å². The second-order valence-electron chi connectivity index (χ2n) is 5.26. The highest BCUT2D eigenvalue weighted by Gasteiger charge is 2.22. The molecule has 1 atom stereocenters. The number of ether oxygens (including phenoxy) is 1. The largest absolute Gasteiger partial charge is 0.376 e. The van der Waals surface area contributed by atoms with Crippen molar-refractivity contribution >= 4 is 6.03 Å². The van der Waals surface area contributed by atoms with Crippen molar-refractivity contribution in [2.45, 2.75) is 31.9 Å². The maximum absolute atomic E-state index is 12.1. The van der Waals surface area contributed by atoms with E-state index in [1.807, 2.05) is 11.0 Å². The Bertz CT molecular complexity index is 455. The lowest BCUT2D eigenvalue weighted by atomic mass is 10.0. The molecule has 1 aromatic rings. The van der Waals surface area contributed by atoms with Gasteiger partial charge in [-0.3, -0.25) is 0 Å². The summed E-state index contributed by atoms with van der Waals surface area (Å²) in [4.78, 5) is 14.0. The van der Waals surface area contributed by atoms with E-state index in [4.69, 9.17) is 4.74 Å². The van der Waals surface area contributed by atoms with Crippen molar-refractivity contribution in [3.8, 4) is 0 Å². The molecule has 0 aromatic heterocycles. The van der Waals surface area contributed by atoms with E-state index in [1.165, 1.54) is 11.1 Å². The minimum Gasteiger partial charge on any atom is -0.376 e. The molecule has 0 unspecified atom stereocenters. The molecule has 3 rings (SSSR count). The highest BCUT2D eigenvalue weighted by atomic mass is 16.5. The van der Waals surface area contributed by atoms with Crippen molar-refractivity contribution in [1.29, 1.82) is 0 Å². The number of nitrogens with one attached hydrogen (secondary N) is 1. The van der Waals surface area contributed by atoms with Crippen LogP contribution in [0.15, 0.2) is 24.3 Å². The van der Waals surface area contributed by atoms with Gasteiger partial charge in [0.2, 0.25) is 0 Å². The number of urea groups is 1. The van der Waals surface area contributed by atoms with Crippen LogP contribution in [0.5, 0.6) is 0 Å². The van der Waals surface area contributed by atoms with Crippen LogP contribution in [-0.4, -0.2) is 36.7 Å². The third-order valence-electron chi connectivity index (χ3n) is 3.92. The average molecular weight is 260 g/mol. The maximum Gasteiger partial charge on any atom is 0.317 e. The lowest BCUT2D eigenvalue weighted by Crippen LogP contribution is -2.44. The number of hydrogen-bond acceptors (Lipinski definition) is 2. The number of fused-ring (bicyclic) bond motifs is 1. The molecule has 0 spiro atoms. The van der Waals surface area contributed by atoms with E-state index >= 15 is 0 Å². The first kappa shape index (κ1) is 12.5. The van der Waals surface area contributed by atoms with Crippen LogP contribution in [0.3, 0.4) is 0 Å². The third-order valence-corrected chi connectivity index (χ3v) is 3.92. The third kappa shape index (κ3) is 2.89. The number of benzene rings is 1. The van der Waals surface area contributed by atoms with Crippen LogP contribution < -0.4 is 5.32 Å². The van der Waals surface area contributed by atoms with E-state index in [9.17, 15) is 4.79 Å². The Morgan fingerprint density at radius 1 is 1.37 bits per heavy atom. The second-order valence-corrected chi connectivity index (χ2v) is 5.26. The first-order valence-electron chi connectivity index (χ1n) is 7.04. The van der Waals surface area contributed by atoms with Gasteiger partial charge in [0.25, 0.3) is 0 Å². The van der Waals surface area contributed by atoms with Crippen molar-refractivity contribution < 1.29 is 9.53 Å². The fourth-order valence-corrected chi connectivity index (χ4v) is 2.79. The second kappa shape index (κ2) is 5.61. The fourth-order valence-electron chi connectivity index (χ4n) is 2.79. The molecular formula is C15H20N2O2. The minimum absolute atomic E-state index is 0.0324. The normalized spacial score (nSPS) is 22.1. The van der Waals surface area contributed by atoms with E-state index in [0.717, 1.165) is 32.4 Å². The first-order valence-corrected chi connectivity index (χ1v) is 7.04. The summed E-state index contributed by atoms with van der Waals surface area (Å²) in [6.07, 6.45) is 3.32. The van der Waals surface area contributed by atoms with Gasteiger partial charge < -0.3 is 15.0 Å². The summed E-state index contributed by atoms with van der Waals surface area (Å²) in [5, 5.41) is 2.99. The molecule has 4 nitrogen and oxygen atoms in total. The van der Waals surface area contributed by atoms with Gasteiger partial charge in [-0.1, -0.05) is 24.3 Å². The van der Waals surface area contributed by atoms with Gasteiger partial charge in [0.15, 0.2) is 0 Å². The molecule has 1 aromatic carbocycles. The van der Waals surface area contributed by atoms with Crippen molar-refractivity contribution in [2.75, 3.05) is 19.7 Å². The summed E-state index contributed by atoms with van der Waals surface area (Å²) < 4.78 is 5.51. The lowest BCUT2D eigenvalue weighted by Gasteiger charge is -2.29. The van der Waals surface area contributed by atoms with Gasteiger partial charge in [0.1, 0.15) is 0 Å². The number of carbonyl (C=O) groups is 1. The highest BCUT2D eigenvalue weighted by Crippen LogP contribution is 2.18. The van der Waals surface area contributed by atoms with Crippen molar-refractivity contribution in [3.05, 3.63) is 35.4 Å². The number of rotatable bonds is 2. The van der Waals surface area contributed by atoms with Crippen LogP contribution in [0.2, 0.25) is 0 Å². The van der Waals surface area contributed by atoms with E-state index in [0.29, 0.717) is 13.1 Å². The average Bonchev–Trinajstić information content (AvgIpc) is 2.97. The predicted octanol–water partition coefficient (Wildman–Crippen LogP) is 1.93. The fraction of sp³-hybridized carbons (Fsp3) is 0.533. The summed E-state index contributed by atoms with van der Waals surface area (Å²) in [5.74, 6) is 0. The van der Waals surface area contributed by atoms with Gasteiger partial charge in [-0.2, -0.15) is 0 Å². The molecule has 0 radical (unpaired) electrons. The van der Waals surface area contributed by atoms with Crippen LogP contribution in [0.25, 0.3) is 0 Å². The number of hydrogen-bond donors (Lipinski definition) is 1. The monoisotopic (exact) mass is 260 g/mol. The Morgan fingerprint density at radius 3 is 3.00 bits per heavy atom. The molecular weight excluding hydrogens is 240 g/mol. The van der Waals surface area contributed by atoms with Gasteiger partial charge in [-0.25, -0.2) is 4.79 Å². The zero-order valence-electron chi connectivity index (χ0n) is 11.1. The zero-order valence-corrected chi connectivity index (χ0v) is 11.1. The van der Waals surface area contributed by atoms with E-state index < -0.39 is 0 Å². The predicted molar refractivity (Wildman–Crippen MR) is 72.9 cm³/mol. The summed E-state index contributed by atoms with van der Waals surface area (Å²) in [6, 6.07) is 8.38. The van der Waals surface area contributed by atoms with E-state index in [-0.39, 0.29) is 12.1 Å². The molecule has 0 saturated carbocycles. The molecule has 2 heterocycles. The summed E-state index contributed by atoms with van der Waals surface area (Å²) in [6.45, 7) is 2.98. The molecule has 1 saturated heterocycles. The first-order chi connectivity index (χ1) is 9.33.